The van der Waals surface area contributed by atoms with Gasteiger partial charge in [0.25, 0.3) is 0 Å². The molecule has 1 aromatic rings. The van der Waals surface area contributed by atoms with Gasteiger partial charge in [0.15, 0.2) is 0 Å². The van der Waals surface area contributed by atoms with Gasteiger partial charge in [0.05, 0.1) is 0 Å². The van der Waals surface area contributed by atoms with E-state index in [4.69, 9.17) is 5.11 Å². The fraction of sp³-hybridized carbons (Fsp3) is 0.400. The third-order valence-corrected chi connectivity index (χ3v) is 2.05. The monoisotopic (exact) mass is 277 g/mol. The number of halogens is 3. The third kappa shape index (κ3) is 4.53. The Kier molecular flexibility index (Phi) is 4.79. The van der Waals surface area contributed by atoms with Crippen LogP contribution in [0, 0.1) is 0 Å². The second-order valence-electron chi connectivity index (χ2n) is 3.50. The highest BCUT2D eigenvalue weighted by molar-refractivity contribution is 5.95. The summed E-state index contributed by atoms with van der Waals surface area (Å²) in [5, 5.41) is 8.44. The molecule has 0 saturated carbocycles. The van der Waals surface area contributed by atoms with Crippen LogP contribution in [-0.4, -0.2) is 39.7 Å². The Morgan fingerprint density at radius 2 is 1.84 bits per heavy atom. The van der Waals surface area contributed by atoms with Gasteiger partial charge in [-0.2, -0.15) is 13.2 Å². The molecule has 0 aliphatic rings. The Morgan fingerprint density at radius 1 is 1.26 bits per heavy atom. The largest absolute Gasteiger partial charge is 0.481 e. The Bertz CT molecular complexity index is 450. The zero-order valence-corrected chi connectivity index (χ0v) is 9.59. The standard InChI is InChI=1S/C10H10F3N3O3/c11-10(12,13)8(19)16(6-1-3-7(17)18)9-14-4-2-5-15-9/h2,4-5H,1,3,6H2,(H,17,18). The molecule has 6 nitrogen and oxygen atoms in total. The summed E-state index contributed by atoms with van der Waals surface area (Å²) in [7, 11) is 0. The van der Waals surface area contributed by atoms with Crippen LogP contribution in [0.15, 0.2) is 18.5 Å². The van der Waals surface area contributed by atoms with Gasteiger partial charge in [0.2, 0.25) is 5.95 Å². The third-order valence-electron chi connectivity index (χ3n) is 2.05. The van der Waals surface area contributed by atoms with Crippen molar-refractivity contribution in [3.8, 4) is 0 Å². The van der Waals surface area contributed by atoms with Gasteiger partial charge < -0.3 is 5.11 Å². The van der Waals surface area contributed by atoms with Crippen molar-refractivity contribution >= 4 is 17.8 Å². The second kappa shape index (κ2) is 6.12. The predicted octanol–water partition coefficient (Wildman–Crippen LogP) is 1.24. The fourth-order valence-electron chi connectivity index (χ4n) is 1.26. The number of aromatic nitrogens is 2. The summed E-state index contributed by atoms with van der Waals surface area (Å²) in [6.07, 6.45) is -3.17. The maximum Gasteiger partial charge on any atom is 0.471 e. The zero-order valence-electron chi connectivity index (χ0n) is 9.59. The summed E-state index contributed by atoms with van der Waals surface area (Å²) in [5.74, 6) is -3.69. The van der Waals surface area contributed by atoms with Crippen LogP contribution in [0.3, 0.4) is 0 Å². The van der Waals surface area contributed by atoms with Crippen molar-refractivity contribution in [2.45, 2.75) is 19.0 Å². The molecule has 0 aliphatic heterocycles. The quantitative estimate of drug-likeness (QED) is 0.875. The number of anilines is 1. The topological polar surface area (TPSA) is 83.4 Å². The lowest BCUT2D eigenvalue weighted by Crippen LogP contribution is -2.42. The van der Waals surface area contributed by atoms with Crippen molar-refractivity contribution in [3.63, 3.8) is 0 Å². The molecule has 0 aliphatic carbocycles. The zero-order chi connectivity index (χ0) is 14.5. The molecule has 0 fully saturated rings. The molecule has 0 aromatic carbocycles. The summed E-state index contributed by atoms with van der Waals surface area (Å²) in [4.78, 5) is 29.0. The highest BCUT2D eigenvalue weighted by Crippen LogP contribution is 2.21. The number of carbonyl (C=O) groups excluding carboxylic acids is 1. The molecular weight excluding hydrogens is 267 g/mol. The van der Waals surface area contributed by atoms with E-state index < -0.39 is 30.5 Å². The molecule has 19 heavy (non-hydrogen) atoms. The lowest BCUT2D eigenvalue weighted by atomic mass is 10.3. The first-order chi connectivity index (χ1) is 8.82. The summed E-state index contributed by atoms with van der Waals surface area (Å²) in [5.41, 5.74) is 0. The van der Waals surface area contributed by atoms with Crippen LogP contribution in [0.1, 0.15) is 12.8 Å². The molecule has 0 bridgehead atoms. The van der Waals surface area contributed by atoms with Gasteiger partial charge in [-0.1, -0.05) is 0 Å². The number of carboxylic acid groups (broad SMARTS) is 1. The van der Waals surface area contributed by atoms with Gasteiger partial charge in [-0.15, -0.1) is 0 Å². The smallest absolute Gasteiger partial charge is 0.471 e. The molecule has 1 rings (SSSR count). The lowest BCUT2D eigenvalue weighted by Gasteiger charge is -2.21. The average Bonchev–Trinajstić information content (AvgIpc) is 2.33. The van der Waals surface area contributed by atoms with Crippen molar-refractivity contribution in [2.75, 3.05) is 11.4 Å². The molecule has 0 radical (unpaired) electrons. The number of nitrogens with zero attached hydrogens (tertiary/aromatic N) is 3. The first-order valence-corrected chi connectivity index (χ1v) is 5.20. The van der Waals surface area contributed by atoms with Crippen LogP contribution >= 0.6 is 0 Å². The highest BCUT2D eigenvalue weighted by atomic mass is 19.4. The van der Waals surface area contributed by atoms with Gasteiger partial charge in [-0.05, 0) is 12.5 Å². The van der Waals surface area contributed by atoms with Crippen LogP contribution in [0.5, 0.6) is 0 Å². The molecule has 104 valence electrons. The number of rotatable bonds is 5. The molecule has 1 N–H and O–H groups in total. The number of carboxylic acids is 1. The van der Waals surface area contributed by atoms with Gasteiger partial charge in [-0.25, -0.2) is 9.97 Å². The van der Waals surface area contributed by atoms with E-state index in [0.717, 1.165) is 0 Å². The molecule has 0 atom stereocenters. The number of aliphatic carboxylic acids is 1. The van der Waals surface area contributed by atoms with Crippen molar-refractivity contribution in [1.82, 2.24) is 9.97 Å². The van der Waals surface area contributed by atoms with Gasteiger partial charge in [-0.3, -0.25) is 14.5 Å². The normalized spacial score (nSPS) is 11.1. The summed E-state index contributed by atoms with van der Waals surface area (Å²) in [6, 6.07) is 1.39. The maximum atomic E-state index is 12.4. The summed E-state index contributed by atoms with van der Waals surface area (Å²) in [6.45, 7) is -0.422. The van der Waals surface area contributed by atoms with Gasteiger partial charge in [0.1, 0.15) is 0 Å². The van der Waals surface area contributed by atoms with E-state index in [0.29, 0.717) is 4.90 Å². The Hall–Kier alpha value is -2.19. The van der Waals surface area contributed by atoms with E-state index in [-0.39, 0.29) is 12.8 Å². The summed E-state index contributed by atoms with van der Waals surface area (Å²) < 4.78 is 37.2. The molecule has 0 saturated heterocycles. The van der Waals surface area contributed by atoms with E-state index in [1.54, 1.807) is 0 Å². The predicted molar refractivity (Wildman–Crippen MR) is 57.3 cm³/mol. The Labute approximate surface area is 105 Å². The maximum absolute atomic E-state index is 12.4. The number of hydrogen-bond acceptors (Lipinski definition) is 4. The number of carbonyl (C=O) groups is 2. The van der Waals surface area contributed by atoms with Crippen molar-refractivity contribution in [1.29, 1.82) is 0 Å². The van der Waals surface area contributed by atoms with Gasteiger partial charge in [0, 0.05) is 25.4 Å². The van der Waals surface area contributed by atoms with Crippen molar-refractivity contribution < 1.29 is 27.9 Å². The number of alkyl halides is 3. The van der Waals surface area contributed by atoms with Crippen LogP contribution in [0.4, 0.5) is 19.1 Å². The molecule has 9 heteroatoms. The van der Waals surface area contributed by atoms with E-state index in [9.17, 15) is 22.8 Å². The van der Waals surface area contributed by atoms with Gasteiger partial charge >= 0.3 is 18.1 Å². The molecular formula is C10H10F3N3O3. The molecule has 0 unspecified atom stereocenters. The number of amides is 1. The average molecular weight is 277 g/mol. The first kappa shape index (κ1) is 14.9. The molecule has 0 spiro atoms. The van der Waals surface area contributed by atoms with Crippen LogP contribution in [-0.2, 0) is 9.59 Å². The minimum absolute atomic E-state index is 0.130. The SMILES string of the molecule is O=C(O)CCCN(C(=O)C(F)(F)F)c1ncccn1. The Balaban J connectivity index is 2.86. The van der Waals surface area contributed by atoms with Crippen LogP contribution in [0.2, 0.25) is 0 Å². The van der Waals surface area contributed by atoms with E-state index in [1.807, 2.05) is 0 Å². The van der Waals surface area contributed by atoms with Crippen LogP contribution in [0.25, 0.3) is 0 Å². The fourth-order valence-corrected chi connectivity index (χ4v) is 1.26. The second-order valence-corrected chi connectivity index (χ2v) is 3.50. The van der Waals surface area contributed by atoms with E-state index >= 15 is 0 Å². The number of hydrogen-bond donors (Lipinski definition) is 1. The van der Waals surface area contributed by atoms with Crippen LogP contribution < -0.4 is 4.90 Å². The minimum Gasteiger partial charge on any atom is -0.481 e. The van der Waals surface area contributed by atoms with Crippen molar-refractivity contribution in [2.24, 2.45) is 0 Å². The van der Waals surface area contributed by atoms with E-state index in [2.05, 4.69) is 9.97 Å². The Morgan fingerprint density at radius 3 is 2.32 bits per heavy atom. The highest BCUT2D eigenvalue weighted by Gasteiger charge is 2.43. The van der Waals surface area contributed by atoms with E-state index in [1.165, 1.54) is 18.5 Å². The lowest BCUT2D eigenvalue weighted by molar-refractivity contribution is -0.170. The first-order valence-electron chi connectivity index (χ1n) is 5.20. The van der Waals surface area contributed by atoms with Crippen molar-refractivity contribution in [3.05, 3.63) is 18.5 Å². The minimum atomic E-state index is -5.07. The molecule has 1 amide bonds. The molecule has 1 aromatic heterocycles. The summed E-state index contributed by atoms with van der Waals surface area (Å²) >= 11 is 0. The molecule has 1 heterocycles.